The molecule has 1 aliphatic rings. The Bertz CT molecular complexity index is 548. The molecule has 9 heteroatoms. The maximum atomic E-state index is 11.8. The van der Waals surface area contributed by atoms with Gasteiger partial charge in [0.1, 0.15) is 12.1 Å². The van der Waals surface area contributed by atoms with E-state index < -0.39 is 17.4 Å². The Morgan fingerprint density at radius 1 is 1.32 bits per heavy atom. The maximum Gasteiger partial charge on any atom is 0.322 e. The first-order valence-corrected chi connectivity index (χ1v) is 5.80. The lowest BCUT2D eigenvalue weighted by atomic mass is 9.99. The second-order valence-electron chi connectivity index (χ2n) is 4.41. The quantitative estimate of drug-likeness (QED) is 0.750. The number of piperazine rings is 1. The molecule has 0 unspecified atom stereocenters. The molecule has 0 radical (unpaired) electrons. The highest BCUT2D eigenvalue weighted by Gasteiger charge is 2.42. The third-order valence-electron chi connectivity index (χ3n) is 2.78. The molecule has 0 aliphatic carbocycles. The molecule has 1 fully saturated rings. The van der Waals surface area contributed by atoms with Crippen molar-refractivity contribution in [3.05, 3.63) is 5.28 Å². The fraction of sp³-hybridized carbons (Fsp3) is 0.500. The molecule has 2 amide bonds. The molecule has 1 N–H and O–H groups in total. The van der Waals surface area contributed by atoms with Crippen molar-refractivity contribution >= 4 is 29.4 Å². The number of nitrogens with one attached hydrogen (secondary N) is 1. The minimum absolute atomic E-state index is 0.0178. The molecule has 1 aromatic heterocycles. The van der Waals surface area contributed by atoms with Gasteiger partial charge in [0, 0.05) is 0 Å². The average molecular weight is 286 g/mol. The van der Waals surface area contributed by atoms with E-state index in [0.29, 0.717) is 0 Å². The summed E-state index contributed by atoms with van der Waals surface area (Å²) in [6, 6.07) is 0.0178. The molecule has 1 aromatic rings. The molecule has 102 valence electrons. The highest BCUT2D eigenvalue weighted by Crippen LogP contribution is 2.25. The van der Waals surface area contributed by atoms with Crippen LogP contribution in [0.4, 0.5) is 5.95 Å². The predicted octanol–water partition coefficient (Wildman–Crippen LogP) is -0.225. The van der Waals surface area contributed by atoms with Crippen molar-refractivity contribution in [1.29, 1.82) is 0 Å². The average Bonchev–Trinajstić information content (AvgIpc) is 2.33. The molecular formula is C10H12ClN5O3. The first-order valence-electron chi connectivity index (χ1n) is 5.42. The Kier molecular flexibility index (Phi) is 3.27. The van der Waals surface area contributed by atoms with Gasteiger partial charge in [-0.05, 0) is 25.4 Å². The van der Waals surface area contributed by atoms with E-state index in [0.717, 1.165) is 0 Å². The van der Waals surface area contributed by atoms with E-state index in [1.54, 1.807) is 13.8 Å². The summed E-state index contributed by atoms with van der Waals surface area (Å²) >= 11 is 5.76. The highest BCUT2D eigenvalue weighted by atomic mass is 35.5. The van der Waals surface area contributed by atoms with E-state index in [1.807, 2.05) is 0 Å². The zero-order valence-corrected chi connectivity index (χ0v) is 11.4. The lowest BCUT2D eigenvalue weighted by Crippen LogP contribution is -2.64. The predicted molar refractivity (Wildman–Crippen MR) is 66.0 cm³/mol. The molecule has 1 aliphatic heterocycles. The van der Waals surface area contributed by atoms with Crippen LogP contribution in [0.3, 0.4) is 0 Å². The van der Waals surface area contributed by atoms with Crippen molar-refractivity contribution in [2.75, 3.05) is 18.6 Å². The number of carbonyl (C=O) groups excluding carboxylic acids is 2. The van der Waals surface area contributed by atoms with Gasteiger partial charge in [0.15, 0.2) is 0 Å². The van der Waals surface area contributed by atoms with Crippen LogP contribution in [0.25, 0.3) is 0 Å². The van der Waals surface area contributed by atoms with Gasteiger partial charge in [-0.25, -0.2) is 0 Å². The van der Waals surface area contributed by atoms with E-state index >= 15 is 0 Å². The molecule has 0 spiro atoms. The molecule has 0 saturated carbocycles. The smallest absolute Gasteiger partial charge is 0.322 e. The minimum atomic E-state index is -0.983. The van der Waals surface area contributed by atoms with Gasteiger partial charge < -0.3 is 9.64 Å². The summed E-state index contributed by atoms with van der Waals surface area (Å²) in [7, 11) is 1.38. The number of anilines is 1. The summed E-state index contributed by atoms with van der Waals surface area (Å²) in [5.74, 6) is -0.746. The number of amides is 2. The normalized spacial score (nSPS) is 18.2. The topological polar surface area (TPSA) is 97.3 Å². The van der Waals surface area contributed by atoms with E-state index in [4.69, 9.17) is 16.3 Å². The van der Waals surface area contributed by atoms with Gasteiger partial charge >= 0.3 is 6.01 Å². The standard InChI is InChI=1S/C10H12ClN5O3/c1-10(2)6(18)12-5(17)4-16(10)8-13-7(11)14-9(15-8)19-3/h4H2,1-3H3,(H,12,17,18). The number of rotatable bonds is 2. The number of aromatic nitrogens is 3. The van der Waals surface area contributed by atoms with Crippen LogP contribution in [0.2, 0.25) is 5.28 Å². The molecule has 0 bridgehead atoms. The lowest BCUT2D eigenvalue weighted by molar-refractivity contribution is -0.135. The summed E-state index contributed by atoms with van der Waals surface area (Å²) in [5.41, 5.74) is -0.983. The van der Waals surface area contributed by atoms with Crippen molar-refractivity contribution < 1.29 is 14.3 Å². The van der Waals surface area contributed by atoms with Gasteiger partial charge in [-0.15, -0.1) is 0 Å². The van der Waals surface area contributed by atoms with Crippen molar-refractivity contribution in [2.24, 2.45) is 0 Å². The third-order valence-corrected chi connectivity index (χ3v) is 2.95. The minimum Gasteiger partial charge on any atom is -0.467 e. The first kappa shape index (κ1) is 13.5. The van der Waals surface area contributed by atoms with Crippen LogP contribution >= 0.6 is 11.6 Å². The third kappa shape index (κ3) is 2.43. The van der Waals surface area contributed by atoms with Crippen molar-refractivity contribution in [1.82, 2.24) is 20.3 Å². The molecule has 8 nitrogen and oxygen atoms in total. The molecule has 19 heavy (non-hydrogen) atoms. The molecule has 2 heterocycles. The molecular weight excluding hydrogens is 274 g/mol. The van der Waals surface area contributed by atoms with Crippen LogP contribution in [0.5, 0.6) is 6.01 Å². The zero-order chi connectivity index (χ0) is 14.2. The van der Waals surface area contributed by atoms with Crippen molar-refractivity contribution in [3.8, 4) is 6.01 Å². The van der Waals surface area contributed by atoms with E-state index in [1.165, 1.54) is 12.0 Å². The van der Waals surface area contributed by atoms with E-state index in [-0.39, 0.29) is 23.8 Å². The summed E-state index contributed by atoms with van der Waals surface area (Å²) in [5, 5.41) is 2.18. The fourth-order valence-corrected chi connectivity index (χ4v) is 1.79. The largest absolute Gasteiger partial charge is 0.467 e. The van der Waals surface area contributed by atoms with Crippen molar-refractivity contribution in [3.63, 3.8) is 0 Å². The number of hydrogen-bond donors (Lipinski definition) is 1. The Balaban J connectivity index is 2.46. The summed E-state index contributed by atoms with van der Waals surface area (Å²) in [4.78, 5) is 36.4. The number of carbonyl (C=O) groups is 2. The van der Waals surface area contributed by atoms with Gasteiger partial charge in [-0.3, -0.25) is 14.9 Å². The Morgan fingerprint density at radius 3 is 2.63 bits per heavy atom. The van der Waals surface area contributed by atoms with E-state index in [9.17, 15) is 9.59 Å². The second kappa shape index (κ2) is 4.61. The van der Waals surface area contributed by atoms with Gasteiger partial charge in [-0.2, -0.15) is 15.0 Å². The zero-order valence-electron chi connectivity index (χ0n) is 10.6. The Hall–Kier alpha value is -1.96. The maximum absolute atomic E-state index is 11.8. The van der Waals surface area contributed by atoms with Crippen molar-refractivity contribution in [2.45, 2.75) is 19.4 Å². The molecule has 0 atom stereocenters. The lowest BCUT2D eigenvalue weighted by Gasteiger charge is -2.39. The fourth-order valence-electron chi connectivity index (χ4n) is 1.64. The van der Waals surface area contributed by atoms with Crippen LogP contribution in [-0.2, 0) is 9.59 Å². The number of nitrogens with zero attached hydrogens (tertiary/aromatic N) is 4. The monoisotopic (exact) mass is 285 g/mol. The van der Waals surface area contributed by atoms with Gasteiger partial charge in [0.05, 0.1) is 7.11 Å². The SMILES string of the molecule is COc1nc(Cl)nc(N2CC(=O)NC(=O)C2(C)C)n1. The number of hydrogen-bond acceptors (Lipinski definition) is 7. The number of halogens is 1. The molecule has 2 rings (SSSR count). The Morgan fingerprint density at radius 2 is 2.00 bits per heavy atom. The van der Waals surface area contributed by atoms with E-state index in [2.05, 4.69) is 20.3 Å². The summed E-state index contributed by atoms with van der Waals surface area (Å²) < 4.78 is 4.89. The number of imide groups is 1. The van der Waals surface area contributed by atoms with Gasteiger partial charge in [0.2, 0.25) is 17.1 Å². The summed E-state index contributed by atoms with van der Waals surface area (Å²) in [6.07, 6.45) is 0. The van der Waals surface area contributed by atoms with Gasteiger partial charge in [-0.1, -0.05) is 0 Å². The first-order chi connectivity index (χ1) is 8.84. The Labute approximate surface area is 114 Å². The number of methoxy groups -OCH3 is 1. The van der Waals surface area contributed by atoms with Crippen LogP contribution < -0.4 is 15.0 Å². The number of ether oxygens (including phenoxy) is 1. The van der Waals surface area contributed by atoms with Crippen LogP contribution in [-0.4, -0.2) is 46.0 Å². The molecule has 0 aromatic carbocycles. The summed E-state index contributed by atoms with van der Waals surface area (Å²) in [6.45, 7) is 3.25. The van der Waals surface area contributed by atoms with Crippen LogP contribution in [0, 0.1) is 0 Å². The van der Waals surface area contributed by atoms with Crippen LogP contribution in [0.15, 0.2) is 0 Å². The van der Waals surface area contributed by atoms with Crippen LogP contribution in [0.1, 0.15) is 13.8 Å². The second-order valence-corrected chi connectivity index (χ2v) is 4.75. The van der Waals surface area contributed by atoms with Gasteiger partial charge in [0.25, 0.3) is 5.91 Å². The molecule has 1 saturated heterocycles. The highest BCUT2D eigenvalue weighted by molar-refractivity contribution is 6.28.